The zero-order valence-corrected chi connectivity index (χ0v) is 10.1. The number of nitrogens with one attached hydrogen (secondary N) is 1. The van der Waals surface area contributed by atoms with Gasteiger partial charge in [0, 0.05) is 6.20 Å². The zero-order valence-electron chi connectivity index (χ0n) is 10.1. The van der Waals surface area contributed by atoms with Crippen LogP contribution in [0.5, 0.6) is 0 Å². The number of nitrogens with zero attached hydrogens (tertiary/aromatic N) is 3. The average molecular weight is 300 g/mol. The Hall–Kier alpha value is -2.91. The number of aromatic nitrogens is 3. The van der Waals surface area contributed by atoms with Crippen LogP contribution >= 0.6 is 0 Å². The van der Waals surface area contributed by atoms with Crippen LogP contribution in [-0.2, 0) is 4.79 Å². The lowest BCUT2D eigenvalue weighted by molar-refractivity contribution is -0.167. The molecule has 21 heavy (non-hydrogen) atoms. The van der Waals surface area contributed by atoms with Crippen LogP contribution in [0.2, 0.25) is 0 Å². The summed E-state index contributed by atoms with van der Waals surface area (Å²) in [6.45, 7) is 0. The number of rotatable bonds is 3. The number of carboxylic acids is 1. The second kappa shape index (κ2) is 5.23. The minimum absolute atomic E-state index is 0.245. The number of hydrogen-bond donors (Lipinski definition) is 2. The predicted octanol–water partition coefficient (Wildman–Crippen LogP) is 1.47. The highest BCUT2D eigenvalue weighted by atomic mass is 19.4. The Balaban J connectivity index is 2.49. The average Bonchev–Trinajstić information content (AvgIpc) is 2.82. The van der Waals surface area contributed by atoms with E-state index < -0.39 is 29.6 Å². The van der Waals surface area contributed by atoms with Gasteiger partial charge in [0.2, 0.25) is 0 Å². The molecular weight excluding hydrogens is 293 g/mol. The number of aromatic carboxylic acids is 1. The Bertz CT molecular complexity index is 682. The third-order valence-corrected chi connectivity index (χ3v) is 2.38. The van der Waals surface area contributed by atoms with E-state index in [4.69, 9.17) is 5.11 Å². The predicted molar refractivity (Wildman–Crippen MR) is 63.0 cm³/mol. The number of carboxylic acid groups (broad SMARTS) is 1. The Morgan fingerprint density at radius 3 is 2.57 bits per heavy atom. The highest BCUT2D eigenvalue weighted by Crippen LogP contribution is 2.23. The SMILES string of the molecule is O=C(O)c1ncn(-c2cccnc2)c1NC(=O)C(F)(F)F. The van der Waals surface area contributed by atoms with Crippen LogP contribution in [0.25, 0.3) is 5.69 Å². The molecule has 0 bridgehead atoms. The summed E-state index contributed by atoms with van der Waals surface area (Å²) in [7, 11) is 0. The number of hydrogen-bond acceptors (Lipinski definition) is 4. The standard InChI is InChI=1S/C11H7F3N4O3/c12-11(13,14)10(21)17-8-7(9(19)20)16-5-18(8)6-2-1-3-15-4-6/h1-5H,(H,17,21)(H,19,20). The van der Waals surface area contributed by atoms with Gasteiger partial charge in [0.05, 0.1) is 11.9 Å². The van der Waals surface area contributed by atoms with Crippen LogP contribution in [-0.4, -0.2) is 37.7 Å². The first-order chi connectivity index (χ1) is 9.80. The summed E-state index contributed by atoms with van der Waals surface area (Å²) < 4.78 is 37.9. The maximum atomic E-state index is 12.3. The fourth-order valence-corrected chi connectivity index (χ4v) is 1.49. The molecule has 0 aromatic carbocycles. The molecule has 7 nitrogen and oxygen atoms in total. The van der Waals surface area contributed by atoms with Gasteiger partial charge in [-0.3, -0.25) is 14.3 Å². The van der Waals surface area contributed by atoms with Gasteiger partial charge in [-0.25, -0.2) is 9.78 Å². The first-order valence-corrected chi connectivity index (χ1v) is 5.40. The first-order valence-electron chi connectivity index (χ1n) is 5.40. The molecule has 2 aromatic rings. The Labute approximate surface area is 115 Å². The summed E-state index contributed by atoms with van der Waals surface area (Å²) >= 11 is 0. The molecule has 0 fully saturated rings. The topological polar surface area (TPSA) is 97.1 Å². The third kappa shape index (κ3) is 2.99. The smallest absolute Gasteiger partial charge is 0.471 e. The van der Waals surface area contributed by atoms with Crippen LogP contribution in [0.3, 0.4) is 0 Å². The van der Waals surface area contributed by atoms with Crippen molar-refractivity contribution in [3.63, 3.8) is 0 Å². The second-order valence-corrected chi connectivity index (χ2v) is 3.78. The van der Waals surface area contributed by atoms with Crippen molar-refractivity contribution in [3.05, 3.63) is 36.5 Å². The van der Waals surface area contributed by atoms with Gasteiger partial charge in [0.1, 0.15) is 6.33 Å². The number of anilines is 1. The molecule has 110 valence electrons. The number of carbonyl (C=O) groups is 2. The lowest BCUT2D eigenvalue weighted by atomic mass is 10.3. The molecule has 2 rings (SSSR count). The van der Waals surface area contributed by atoms with Crippen LogP contribution in [0.4, 0.5) is 19.0 Å². The van der Waals surface area contributed by atoms with E-state index in [0.717, 1.165) is 10.9 Å². The number of amides is 1. The Morgan fingerprint density at radius 2 is 2.05 bits per heavy atom. The van der Waals surface area contributed by atoms with E-state index in [9.17, 15) is 22.8 Å². The van der Waals surface area contributed by atoms with Gasteiger partial charge < -0.3 is 10.4 Å². The molecule has 0 saturated carbocycles. The van der Waals surface area contributed by atoms with Gasteiger partial charge >= 0.3 is 18.1 Å². The molecule has 2 heterocycles. The van der Waals surface area contributed by atoms with E-state index in [0.29, 0.717) is 0 Å². The summed E-state index contributed by atoms with van der Waals surface area (Å²) in [4.78, 5) is 29.2. The van der Waals surface area contributed by atoms with E-state index in [1.165, 1.54) is 29.8 Å². The molecule has 2 N–H and O–H groups in total. The number of alkyl halides is 3. The number of imidazole rings is 1. The summed E-state index contributed by atoms with van der Waals surface area (Å²) in [6, 6.07) is 2.95. The minimum atomic E-state index is -5.15. The molecule has 0 aliphatic carbocycles. The van der Waals surface area contributed by atoms with Crippen molar-refractivity contribution in [1.82, 2.24) is 14.5 Å². The molecule has 0 aliphatic heterocycles. The molecular formula is C11H7F3N4O3. The molecule has 2 aromatic heterocycles. The maximum Gasteiger partial charge on any atom is 0.471 e. The second-order valence-electron chi connectivity index (χ2n) is 3.78. The van der Waals surface area contributed by atoms with Gasteiger partial charge in [-0.15, -0.1) is 0 Å². The summed E-state index contributed by atoms with van der Waals surface area (Å²) in [5, 5.41) is 10.4. The molecule has 0 saturated heterocycles. The molecule has 0 radical (unpaired) electrons. The highest BCUT2D eigenvalue weighted by molar-refractivity contribution is 6.00. The van der Waals surface area contributed by atoms with Gasteiger partial charge in [-0.05, 0) is 12.1 Å². The largest absolute Gasteiger partial charge is 0.476 e. The van der Waals surface area contributed by atoms with E-state index in [1.54, 1.807) is 0 Å². The van der Waals surface area contributed by atoms with Crippen molar-refractivity contribution in [3.8, 4) is 5.69 Å². The van der Waals surface area contributed by atoms with Crippen molar-refractivity contribution in [2.24, 2.45) is 0 Å². The highest BCUT2D eigenvalue weighted by Gasteiger charge is 2.40. The lowest BCUT2D eigenvalue weighted by Gasteiger charge is -2.11. The van der Waals surface area contributed by atoms with Crippen molar-refractivity contribution in [2.45, 2.75) is 6.18 Å². The molecule has 0 unspecified atom stereocenters. The summed E-state index contributed by atoms with van der Waals surface area (Å²) in [5.41, 5.74) is -0.466. The van der Waals surface area contributed by atoms with Crippen molar-refractivity contribution < 1.29 is 27.9 Å². The van der Waals surface area contributed by atoms with Crippen LogP contribution < -0.4 is 5.32 Å². The van der Waals surface area contributed by atoms with Crippen molar-refractivity contribution in [1.29, 1.82) is 0 Å². The zero-order chi connectivity index (χ0) is 15.6. The van der Waals surface area contributed by atoms with Crippen molar-refractivity contribution in [2.75, 3.05) is 5.32 Å². The Kier molecular flexibility index (Phi) is 3.61. The maximum absolute atomic E-state index is 12.3. The minimum Gasteiger partial charge on any atom is -0.476 e. The molecule has 1 amide bonds. The molecule has 10 heteroatoms. The van der Waals surface area contributed by atoms with E-state index in [-0.39, 0.29) is 5.69 Å². The van der Waals surface area contributed by atoms with Crippen LogP contribution in [0.15, 0.2) is 30.9 Å². The first kappa shape index (κ1) is 14.5. The number of halogens is 3. The van der Waals surface area contributed by atoms with E-state index in [1.807, 2.05) is 0 Å². The number of carbonyl (C=O) groups excluding carboxylic acids is 1. The normalized spacial score (nSPS) is 11.2. The summed E-state index contributed by atoms with van der Waals surface area (Å²) in [5.74, 6) is -4.47. The molecule has 0 spiro atoms. The third-order valence-electron chi connectivity index (χ3n) is 2.38. The van der Waals surface area contributed by atoms with Gasteiger partial charge in [-0.2, -0.15) is 13.2 Å². The molecule has 0 atom stereocenters. The fourth-order valence-electron chi connectivity index (χ4n) is 1.49. The van der Waals surface area contributed by atoms with Gasteiger partial charge in [-0.1, -0.05) is 0 Å². The summed E-state index contributed by atoms with van der Waals surface area (Å²) in [6.07, 6.45) is -1.48. The van der Waals surface area contributed by atoms with Crippen LogP contribution in [0.1, 0.15) is 10.5 Å². The van der Waals surface area contributed by atoms with Crippen molar-refractivity contribution >= 4 is 17.7 Å². The monoisotopic (exact) mass is 300 g/mol. The Morgan fingerprint density at radius 1 is 1.33 bits per heavy atom. The van der Waals surface area contributed by atoms with E-state index >= 15 is 0 Å². The van der Waals surface area contributed by atoms with Crippen LogP contribution in [0, 0.1) is 0 Å². The lowest BCUT2D eigenvalue weighted by Crippen LogP contribution is -2.31. The number of pyridine rings is 1. The van der Waals surface area contributed by atoms with E-state index in [2.05, 4.69) is 9.97 Å². The van der Waals surface area contributed by atoms with Gasteiger partial charge in [0.15, 0.2) is 11.5 Å². The quantitative estimate of drug-likeness (QED) is 0.894. The van der Waals surface area contributed by atoms with Gasteiger partial charge in [0.25, 0.3) is 0 Å². The molecule has 0 aliphatic rings. The fraction of sp³-hybridized carbons (Fsp3) is 0.0909.